The van der Waals surface area contributed by atoms with Crippen LogP contribution >= 0.6 is 0 Å². The molecule has 2 N–H and O–H groups in total. The summed E-state index contributed by atoms with van der Waals surface area (Å²) in [4.78, 5) is 14.8. The maximum Gasteiger partial charge on any atom is 0.244 e. The predicted octanol–water partition coefficient (Wildman–Crippen LogP) is 3.93. The Kier molecular flexibility index (Phi) is 4.96. The Morgan fingerprint density at radius 3 is 2.59 bits per heavy atom. The van der Waals surface area contributed by atoms with Crippen LogP contribution in [0.1, 0.15) is 60.0 Å². The van der Waals surface area contributed by atoms with E-state index in [1.54, 1.807) is 0 Å². The van der Waals surface area contributed by atoms with E-state index in [0.29, 0.717) is 0 Å². The molecule has 2 atom stereocenters. The zero-order chi connectivity index (χ0) is 16.5. The average molecular weight is 304 g/mol. The highest BCUT2D eigenvalue weighted by Gasteiger charge is 2.45. The molecule has 2 aliphatic heterocycles. The molecule has 3 heteroatoms. The standard InChI is InChI=1S/C17H24N2O.C2H6.H2/c1-4-17(2,3)14-10-12-7-5-6-11-8-9-13(18)16(20)19(14)15(11)12;1-2;/h5-7,13-14H,4,8-10,18H2,1-3H3;1-2H3;1H. The van der Waals surface area contributed by atoms with Crippen molar-refractivity contribution in [3.8, 4) is 0 Å². The van der Waals surface area contributed by atoms with E-state index in [4.69, 9.17) is 5.73 Å². The van der Waals surface area contributed by atoms with Gasteiger partial charge in [-0.15, -0.1) is 0 Å². The first kappa shape index (κ1) is 17.0. The minimum atomic E-state index is -0.358. The van der Waals surface area contributed by atoms with Gasteiger partial charge in [-0.25, -0.2) is 0 Å². The van der Waals surface area contributed by atoms with Crippen molar-refractivity contribution in [3.05, 3.63) is 29.3 Å². The van der Waals surface area contributed by atoms with Crippen LogP contribution in [0.5, 0.6) is 0 Å². The Morgan fingerprint density at radius 2 is 1.95 bits per heavy atom. The number of carbonyl (C=O) groups excluding carboxylic acids is 1. The highest BCUT2D eigenvalue weighted by Crippen LogP contribution is 2.45. The van der Waals surface area contributed by atoms with Gasteiger partial charge < -0.3 is 10.6 Å². The maximum atomic E-state index is 12.7. The number of amides is 1. The Morgan fingerprint density at radius 1 is 1.32 bits per heavy atom. The Balaban J connectivity index is 0.000000849. The zero-order valence-electron chi connectivity index (χ0n) is 14.6. The number of rotatable bonds is 2. The normalized spacial score (nSPS) is 23.5. The molecule has 22 heavy (non-hydrogen) atoms. The number of para-hydroxylation sites is 1. The summed E-state index contributed by atoms with van der Waals surface area (Å²) < 4.78 is 0. The van der Waals surface area contributed by atoms with Crippen molar-refractivity contribution in [2.75, 3.05) is 4.90 Å². The van der Waals surface area contributed by atoms with Gasteiger partial charge >= 0.3 is 0 Å². The molecule has 2 unspecified atom stereocenters. The van der Waals surface area contributed by atoms with E-state index < -0.39 is 0 Å². The summed E-state index contributed by atoms with van der Waals surface area (Å²) in [6.45, 7) is 10.7. The number of benzene rings is 1. The number of nitrogens with zero attached hydrogens (tertiary/aromatic N) is 1. The molecule has 0 fully saturated rings. The maximum absolute atomic E-state index is 12.7. The molecule has 0 aliphatic carbocycles. The number of aryl methyl sites for hydroxylation is 1. The monoisotopic (exact) mass is 304 g/mol. The Bertz CT molecular complexity index is 556. The van der Waals surface area contributed by atoms with Crippen molar-refractivity contribution in [1.29, 1.82) is 0 Å². The summed E-state index contributed by atoms with van der Waals surface area (Å²) >= 11 is 0. The van der Waals surface area contributed by atoms with Crippen molar-refractivity contribution in [2.45, 2.75) is 72.4 Å². The lowest BCUT2D eigenvalue weighted by Crippen LogP contribution is -2.51. The molecule has 0 saturated heterocycles. The minimum absolute atomic E-state index is 0. The van der Waals surface area contributed by atoms with Crippen molar-refractivity contribution in [1.82, 2.24) is 0 Å². The van der Waals surface area contributed by atoms with Gasteiger partial charge in [0.25, 0.3) is 0 Å². The van der Waals surface area contributed by atoms with Gasteiger partial charge in [-0.05, 0) is 42.2 Å². The van der Waals surface area contributed by atoms with Crippen LogP contribution in [0.4, 0.5) is 5.69 Å². The molecular weight excluding hydrogens is 272 g/mol. The fourth-order valence-corrected chi connectivity index (χ4v) is 3.51. The number of hydrogen-bond acceptors (Lipinski definition) is 2. The van der Waals surface area contributed by atoms with Gasteiger partial charge in [0.1, 0.15) is 0 Å². The van der Waals surface area contributed by atoms with E-state index in [0.717, 1.165) is 31.4 Å². The molecular formula is C19H32N2O. The third-order valence-corrected chi connectivity index (χ3v) is 5.26. The average Bonchev–Trinajstić information content (AvgIpc) is 2.89. The van der Waals surface area contributed by atoms with Crippen LogP contribution in [0.2, 0.25) is 0 Å². The second-order valence-corrected chi connectivity index (χ2v) is 6.84. The fraction of sp³-hybridized carbons (Fsp3) is 0.632. The molecule has 0 radical (unpaired) electrons. The fourth-order valence-electron chi connectivity index (χ4n) is 3.51. The lowest BCUT2D eigenvalue weighted by Gasteiger charge is -2.38. The molecule has 1 aromatic rings. The molecule has 2 aliphatic rings. The van der Waals surface area contributed by atoms with Crippen molar-refractivity contribution in [3.63, 3.8) is 0 Å². The lowest BCUT2D eigenvalue weighted by atomic mass is 9.80. The van der Waals surface area contributed by atoms with Crippen LogP contribution in [-0.4, -0.2) is 18.0 Å². The SMILES string of the molecule is CC.CCC(C)(C)C1Cc2cccc3c2N1C(=O)C(N)CC3.[HH]. The van der Waals surface area contributed by atoms with Gasteiger partial charge in [-0.1, -0.05) is 52.8 Å². The molecule has 0 spiro atoms. The van der Waals surface area contributed by atoms with E-state index in [9.17, 15) is 4.79 Å². The topological polar surface area (TPSA) is 46.3 Å². The predicted molar refractivity (Wildman–Crippen MR) is 95.3 cm³/mol. The zero-order valence-corrected chi connectivity index (χ0v) is 14.6. The number of hydrogen-bond donors (Lipinski definition) is 1. The molecule has 1 amide bonds. The summed E-state index contributed by atoms with van der Waals surface area (Å²) in [5, 5.41) is 0. The molecule has 1 aromatic carbocycles. The quantitative estimate of drug-likeness (QED) is 0.900. The van der Waals surface area contributed by atoms with E-state index in [-0.39, 0.29) is 24.8 Å². The van der Waals surface area contributed by atoms with Gasteiger partial charge in [0.15, 0.2) is 0 Å². The lowest BCUT2D eigenvalue weighted by molar-refractivity contribution is -0.120. The van der Waals surface area contributed by atoms with Gasteiger partial charge in [0.2, 0.25) is 5.91 Å². The van der Waals surface area contributed by atoms with Crippen molar-refractivity contribution >= 4 is 11.6 Å². The molecule has 124 valence electrons. The van der Waals surface area contributed by atoms with Gasteiger partial charge in [0, 0.05) is 7.47 Å². The first-order chi connectivity index (χ1) is 10.5. The summed E-state index contributed by atoms with van der Waals surface area (Å²) in [5.74, 6) is 0.111. The third kappa shape index (κ3) is 2.67. The third-order valence-electron chi connectivity index (χ3n) is 5.26. The number of anilines is 1. The molecule has 3 rings (SSSR count). The molecule has 0 bridgehead atoms. The summed E-state index contributed by atoms with van der Waals surface area (Å²) in [7, 11) is 0. The Labute approximate surface area is 136 Å². The minimum Gasteiger partial charge on any atom is -0.320 e. The van der Waals surface area contributed by atoms with Crippen LogP contribution < -0.4 is 10.6 Å². The smallest absolute Gasteiger partial charge is 0.244 e. The first-order valence-corrected chi connectivity index (χ1v) is 8.65. The van der Waals surface area contributed by atoms with E-state index in [1.165, 1.54) is 11.1 Å². The summed E-state index contributed by atoms with van der Waals surface area (Å²) in [6.07, 6.45) is 3.68. The van der Waals surface area contributed by atoms with Crippen molar-refractivity contribution in [2.24, 2.45) is 11.1 Å². The number of nitrogens with two attached hydrogens (primary N) is 1. The molecule has 0 saturated carbocycles. The van der Waals surface area contributed by atoms with Crippen LogP contribution in [0.3, 0.4) is 0 Å². The van der Waals surface area contributed by atoms with E-state index in [1.807, 2.05) is 18.7 Å². The highest BCUT2D eigenvalue weighted by atomic mass is 16.2. The highest BCUT2D eigenvalue weighted by molar-refractivity contribution is 6.01. The second-order valence-electron chi connectivity index (χ2n) is 6.84. The second kappa shape index (κ2) is 6.41. The van der Waals surface area contributed by atoms with Crippen LogP contribution in [0.25, 0.3) is 0 Å². The van der Waals surface area contributed by atoms with Crippen LogP contribution in [-0.2, 0) is 17.6 Å². The van der Waals surface area contributed by atoms with Crippen molar-refractivity contribution < 1.29 is 6.22 Å². The van der Waals surface area contributed by atoms with E-state index >= 15 is 0 Å². The number of carbonyl (C=O) groups is 1. The van der Waals surface area contributed by atoms with Crippen LogP contribution in [0, 0.1) is 5.41 Å². The van der Waals surface area contributed by atoms with Gasteiger partial charge in [-0.2, -0.15) is 0 Å². The van der Waals surface area contributed by atoms with Gasteiger partial charge in [0.05, 0.1) is 11.7 Å². The molecule has 2 heterocycles. The van der Waals surface area contributed by atoms with Crippen LogP contribution in [0.15, 0.2) is 18.2 Å². The van der Waals surface area contributed by atoms with Gasteiger partial charge in [-0.3, -0.25) is 4.79 Å². The summed E-state index contributed by atoms with van der Waals surface area (Å²) in [5.41, 5.74) is 9.98. The summed E-state index contributed by atoms with van der Waals surface area (Å²) in [6, 6.07) is 6.32. The van der Waals surface area contributed by atoms with E-state index in [2.05, 4.69) is 39.0 Å². The molecule has 3 nitrogen and oxygen atoms in total. The first-order valence-electron chi connectivity index (χ1n) is 8.65. The molecule has 0 aromatic heterocycles. The largest absolute Gasteiger partial charge is 0.320 e. The Hall–Kier alpha value is -1.35.